The van der Waals surface area contributed by atoms with Gasteiger partial charge in [0.25, 0.3) is 0 Å². The van der Waals surface area contributed by atoms with Gasteiger partial charge in [-0.05, 0) is 72.8 Å². The Morgan fingerprint density at radius 1 is 0.735 bits per heavy atom. The van der Waals surface area contributed by atoms with E-state index in [0.29, 0.717) is 17.9 Å². The zero-order valence-electron chi connectivity index (χ0n) is 19.4. The standard InChI is InChI=1S/C27H31F5O2/c1-2-3-16-4-7-18(8-5-16)20-9-10-21(26(31)25(20)30)19-14-33-24(34-15-19)11-6-17-12-22(28)27(32)23(29)13-17/h9-10,12-13,16,18-19,24H,2-8,11,14-15H2,1H3. The van der Waals surface area contributed by atoms with Crippen LogP contribution in [0.1, 0.15) is 80.4 Å². The van der Waals surface area contributed by atoms with Crippen LogP contribution in [0.25, 0.3) is 0 Å². The SMILES string of the molecule is CCCC1CCC(c2ccc(C3COC(CCc4cc(F)c(F)c(F)c4)OC3)c(F)c2F)CC1. The number of aryl methyl sites for hydroxylation is 1. The Hall–Kier alpha value is -1.99. The molecular weight excluding hydrogens is 451 g/mol. The third-order valence-electron chi connectivity index (χ3n) is 7.24. The summed E-state index contributed by atoms with van der Waals surface area (Å²) in [6.07, 6.45) is 6.13. The van der Waals surface area contributed by atoms with E-state index in [0.717, 1.165) is 44.2 Å². The van der Waals surface area contributed by atoms with E-state index >= 15 is 0 Å². The lowest BCUT2D eigenvalue weighted by molar-refractivity contribution is -0.189. The second-order valence-electron chi connectivity index (χ2n) is 9.58. The molecule has 0 radical (unpaired) electrons. The Labute approximate surface area is 197 Å². The van der Waals surface area contributed by atoms with E-state index in [1.165, 1.54) is 6.42 Å². The summed E-state index contributed by atoms with van der Waals surface area (Å²) in [7, 11) is 0. The molecule has 0 atom stereocenters. The maximum atomic E-state index is 15.0. The van der Waals surface area contributed by atoms with Crippen LogP contribution in [0.4, 0.5) is 22.0 Å². The van der Waals surface area contributed by atoms with Crippen molar-refractivity contribution in [2.75, 3.05) is 13.2 Å². The number of ether oxygens (including phenoxy) is 2. The minimum Gasteiger partial charge on any atom is -0.352 e. The molecule has 2 fully saturated rings. The molecule has 2 nitrogen and oxygen atoms in total. The van der Waals surface area contributed by atoms with Crippen molar-refractivity contribution < 1.29 is 31.4 Å². The molecular formula is C27H31F5O2. The lowest BCUT2D eigenvalue weighted by Crippen LogP contribution is -2.31. The van der Waals surface area contributed by atoms with Gasteiger partial charge in [-0.15, -0.1) is 0 Å². The van der Waals surface area contributed by atoms with Gasteiger partial charge in [-0.1, -0.05) is 31.9 Å². The van der Waals surface area contributed by atoms with Crippen molar-refractivity contribution >= 4 is 0 Å². The van der Waals surface area contributed by atoms with Gasteiger partial charge in [-0.2, -0.15) is 0 Å². The first-order valence-corrected chi connectivity index (χ1v) is 12.2. The minimum atomic E-state index is -1.50. The third-order valence-corrected chi connectivity index (χ3v) is 7.24. The van der Waals surface area contributed by atoms with Crippen LogP contribution >= 0.6 is 0 Å². The molecule has 0 amide bonds. The first-order valence-electron chi connectivity index (χ1n) is 12.2. The predicted octanol–water partition coefficient (Wildman–Crippen LogP) is 7.55. The molecule has 1 aliphatic carbocycles. The highest BCUT2D eigenvalue weighted by Crippen LogP contribution is 2.40. The first-order chi connectivity index (χ1) is 16.4. The lowest BCUT2D eigenvalue weighted by atomic mass is 9.77. The van der Waals surface area contributed by atoms with Gasteiger partial charge in [0.15, 0.2) is 35.4 Å². The van der Waals surface area contributed by atoms with Gasteiger partial charge >= 0.3 is 0 Å². The molecule has 0 aromatic heterocycles. The van der Waals surface area contributed by atoms with Crippen molar-refractivity contribution in [3.05, 3.63) is 70.0 Å². The van der Waals surface area contributed by atoms with Gasteiger partial charge in [0.2, 0.25) is 0 Å². The summed E-state index contributed by atoms with van der Waals surface area (Å²) in [5.74, 6) is -5.27. The summed E-state index contributed by atoms with van der Waals surface area (Å²) in [4.78, 5) is 0. The van der Waals surface area contributed by atoms with Gasteiger partial charge in [0.05, 0.1) is 13.2 Å². The molecule has 0 spiro atoms. The number of rotatable bonds is 7. The van der Waals surface area contributed by atoms with Crippen LogP contribution in [0, 0.1) is 35.0 Å². The Balaban J connectivity index is 1.32. The van der Waals surface area contributed by atoms with Crippen LogP contribution in [-0.2, 0) is 15.9 Å². The maximum Gasteiger partial charge on any atom is 0.194 e. The zero-order chi connectivity index (χ0) is 24.2. The molecule has 0 unspecified atom stereocenters. The van der Waals surface area contributed by atoms with Gasteiger partial charge in [0.1, 0.15) is 0 Å². The van der Waals surface area contributed by atoms with Gasteiger partial charge in [-0.3, -0.25) is 0 Å². The summed E-state index contributed by atoms with van der Waals surface area (Å²) in [5, 5.41) is 0. The van der Waals surface area contributed by atoms with E-state index in [9.17, 15) is 22.0 Å². The van der Waals surface area contributed by atoms with Crippen molar-refractivity contribution in [1.82, 2.24) is 0 Å². The van der Waals surface area contributed by atoms with Crippen LogP contribution in [0.2, 0.25) is 0 Å². The summed E-state index contributed by atoms with van der Waals surface area (Å²) in [6.45, 7) is 2.47. The number of hydrogen-bond donors (Lipinski definition) is 0. The van der Waals surface area contributed by atoms with E-state index in [4.69, 9.17) is 9.47 Å². The fourth-order valence-electron chi connectivity index (χ4n) is 5.31. The highest BCUT2D eigenvalue weighted by molar-refractivity contribution is 5.32. The molecule has 1 heterocycles. The topological polar surface area (TPSA) is 18.5 Å². The number of benzene rings is 2. The Morgan fingerprint density at radius 3 is 1.85 bits per heavy atom. The molecule has 186 valence electrons. The molecule has 7 heteroatoms. The fourth-order valence-corrected chi connectivity index (χ4v) is 5.31. The third kappa shape index (κ3) is 5.62. The van der Waals surface area contributed by atoms with E-state index in [1.807, 2.05) is 0 Å². The molecule has 1 saturated carbocycles. The monoisotopic (exact) mass is 482 g/mol. The first kappa shape index (κ1) is 25.1. The van der Waals surface area contributed by atoms with Crippen molar-refractivity contribution in [2.24, 2.45) is 5.92 Å². The van der Waals surface area contributed by atoms with E-state index in [-0.39, 0.29) is 36.7 Å². The van der Waals surface area contributed by atoms with E-state index < -0.39 is 41.3 Å². The van der Waals surface area contributed by atoms with Gasteiger partial charge in [0, 0.05) is 12.3 Å². The summed E-state index contributed by atoms with van der Waals surface area (Å²) < 4.78 is 81.1. The smallest absolute Gasteiger partial charge is 0.194 e. The normalized spacial score (nSPS) is 25.5. The number of halogens is 5. The molecule has 34 heavy (non-hydrogen) atoms. The van der Waals surface area contributed by atoms with Crippen LogP contribution in [0.15, 0.2) is 24.3 Å². The molecule has 1 saturated heterocycles. The Kier molecular flexibility index (Phi) is 8.25. The van der Waals surface area contributed by atoms with Crippen molar-refractivity contribution in [3.63, 3.8) is 0 Å². The van der Waals surface area contributed by atoms with Crippen molar-refractivity contribution in [3.8, 4) is 0 Å². The fraction of sp³-hybridized carbons (Fsp3) is 0.556. The predicted molar refractivity (Wildman–Crippen MR) is 119 cm³/mol. The summed E-state index contributed by atoms with van der Waals surface area (Å²) in [6, 6.07) is 5.25. The lowest BCUT2D eigenvalue weighted by Gasteiger charge is -2.31. The second-order valence-corrected chi connectivity index (χ2v) is 9.58. The van der Waals surface area contributed by atoms with Crippen molar-refractivity contribution in [1.29, 1.82) is 0 Å². The molecule has 2 aliphatic rings. The summed E-state index contributed by atoms with van der Waals surface area (Å²) in [5.41, 5.74) is 0.991. The van der Waals surface area contributed by atoms with Crippen LogP contribution in [0.5, 0.6) is 0 Å². The zero-order valence-corrected chi connectivity index (χ0v) is 19.4. The van der Waals surface area contributed by atoms with Crippen molar-refractivity contribution in [2.45, 2.75) is 76.4 Å². The average Bonchev–Trinajstić information content (AvgIpc) is 2.84. The number of hydrogen-bond acceptors (Lipinski definition) is 2. The van der Waals surface area contributed by atoms with Gasteiger partial charge in [-0.25, -0.2) is 22.0 Å². The quantitative estimate of drug-likeness (QED) is 0.300. The Bertz CT molecular complexity index is 956. The molecule has 4 rings (SSSR count). The van der Waals surface area contributed by atoms with Gasteiger partial charge < -0.3 is 9.47 Å². The van der Waals surface area contributed by atoms with E-state index in [1.54, 1.807) is 12.1 Å². The maximum absolute atomic E-state index is 15.0. The molecule has 2 aromatic rings. The van der Waals surface area contributed by atoms with E-state index in [2.05, 4.69) is 6.92 Å². The highest BCUT2D eigenvalue weighted by atomic mass is 19.2. The highest BCUT2D eigenvalue weighted by Gasteiger charge is 2.30. The second kappa shape index (κ2) is 11.2. The van der Waals surface area contributed by atoms with Crippen LogP contribution < -0.4 is 0 Å². The molecule has 2 aromatic carbocycles. The largest absolute Gasteiger partial charge is 0.352 e. The molecule has 0 N–H and O–H groups in total. The Morgan fingerprint density at radius 2 is 1.29 bits per heavy atom. The van der Waals surface area contributed by atoms with Crippen LogP contribution in [0.3, 0.4) is 0 Å². The summed E-state index contributed by atoms with van der Waals surface area (Å²) >= 11 is 0. The molecule has 0 bridgehead atoms. The molecule has 1 aliphatic heterocycles. The van der Waals surface area contributed by atoms with Crippen LogP contribution in [-0.4, -0.2) is 19.5 Å². The average molecular weight is 483 g/mol. The minimum absolute atomic E-state index is 0.0565.